The summed E-state index contributed by atoms with van der Waals surface area (Å²) in [5.74, 6) is 0.801. The van der Waals surface area contributed by atoms with E-state index in [2.05, 4.69) is 17.0 Å². The molecule has 0 aliphatic rings. The van der Waals surface area contributed by atoms with E-state index in [0.717, 1.165) is 17.1 Å². The molecule has 0 amide bonds. The van der Waals surface area contributed by atoms with Crippen molar-refractivity contribution in [2.75, 3.05) is 24.3 Å². The first-order valence-electron chi connectivity index (χ1n) is 6.03. The van der Waals surface area contributed by atoms with Crippen LogP contribution < -0.4 is 15.4 Å². The van der Waals surface area contributed by atoms with Gasteiger partial charge in [-0.15, -0.1) is 0 Å². The molecule has 0 atom stereocenters. The first kappa shape index (κ1) is 12.3. The van der Waals surface area contributed by atoms with Crippen LogP contribution in [-0.2, 0) is 0 Å². The Balaban J connectivity index is 2.33. The fraction of sp³-hybridized carbons (Fsp3) is 0.200. The van der Waals surface area contributed by atoms with Crippen LogP contribution in [0.1, 0.15) is 6.92 Å². The molecule has 2 rings (SSSR count). The number of anilines is 3. The number of benzene rings is 2. The van der Waals surface area contributed by atoms with Gasteiger partial charge in [0, 0.05) is 36.2 Å². The van der Waals surface area contributed by atoms with E-state index >= 15 is 0 Å². The molecule has 0 fully saturated rings. The molecule has 0 saturated heterocycles. The standard InChI is InChI=1S/C15H18N2O/c1-3-18-15-10-12(16)9-14(11-15)17(2)13-7-5-4-6-8-13/h4-11H,3,16H2,1-2H3. The van der Waals surface area contributed by atoms with Crippen molar-refractivity contribution in [1.82, 2.24) is 0 Å². The van der Waals surface area contributed by atoms with Crippen LogP contribution in [0.2, 0.25) is 0 Å². The Morgan fingerprint density at radius 1 is 1.06 bits per heavy atom. The number of hydrogen-bond donors (Lipinski definition) is 1. The molecule has 18 heavy (non-hydrogen) atoms. The van der Waals surface area contributed by atoms with Crippen molar-refractivity contribution in [1.29, 1.82) is 0 Å². The van der Waals surface area contributed by atoms with Crippen LogP contribution in [0.15, 0.2) is 48.5 Å². The van der Waals surface area contributed by atoms with Gasteiger partial charge in [0.25, 0.3) is 0 Å². The van der Waals surface area contributed by atoms with Crippen LogP contribution in [0, 0.1) is 0 Å². The molecule has 2 N–H and O–H groups in total. The van der Waals surface area contributed by atoms with Gasteiger partial charge in [0.15, 0.2) is 0 Å². The van der Waals surface area contributed by atoms with Gasteiger partial charge < -0.3 is 15.4 Å². The molecule has 2 aromatic rings. The van der Waals surface area contributed by atoms with Crippen molar-refractivity contribution in [3.63, 3.8) is 0 Å². The second-order valence-corrected chi connectivity index (χ2v) is 4.09. The lowest BCUT2D eigenvalue weighted by atomic mass is 10.2. The molecule has 0 aliphatic heterocycles. The highest BCUT2D eigenvalue weighted by atomic mass is 16.5. The third-order valence-electron chi connectivity index (χ3n) is 2.76. The molecule has 0 aliphatic carbocycles. The van der Waals surface area contributed by atoms with Crippen LogP contribution in [0.4, 0.5) is 17.1 Å². The lowest BCUT2D eigenvalue weighted by Crippen LogP contribution is -2.10. The van der Waals surface area contributed by atoms with Crippen molar-refractivity contribution >= 4 is 17.1 Å². The van der Waals surface area contributed by atoms with Crippen LogP contribution in [0.5, 0.6) is 5.75 Å². The summed E-state index contributed by atoms with van der Waals surface area (Å²) in [6.45, 7) is 2.60. The molecule has 2 aromatic carbocycles. The lowest BCUT2D eigenvalue weighted by Gasteiger charge is -2.20. The molecule has 3 heteroatoms. The summed E-state index contributed by atoms with van der Waals surface area (Å²) in [7, 11) is 2.01. The average molecular weight is 242 g/mol. The van der Waals surface area contributed by atoms with Gasteiger partial charge in [0.05, 0.1) is 6.61 Å². The number of para-hydroxylation sites is 1. The number of nitrogens with zero attached hydrogens (tertiary/aromatic N) is 1. The minimum Gasteiger partial charge on any atom is -0.494 e. The summed E-state index contributed by atoms with van der Waals surface area (Å²) < 4.78 is 5.51. The van der Waals surface area contributed by atoms with Gasteiger partial charge in [-0.25, -0.2) is 0 Å². The molecule has 0 spiro atoms. The average Bonchev–Trinajstić information content (AvgIpc) is 2.38. The van der Waals surface area contributed by atoms with Gasteiger partial charge >= 0.3 is 0 Å². The Morgan fingerprint density at radius 3 is 2.44 bits per heavy atom. The molecule has 94 valence electrons. The van der Waals surface area contributed by atoms with E-state index in [9.17, 15) is 0 Å². The molecule has 0 aromatic heterocycles. The zero-order chi connectivity index (χ0) is 13.0. The summed E-state index contributed by atoms with van der Waals surface area (Å²) in [4.78, 5) is 2.08. The van der Waals surface area contributed by atoms with Gasteiger partial charge in [-0.3, -0.25) is 0 Å². The highest BCUT2D eigenvalue weighted by molar-refractivity contribution is 5.68. The first-order chi connectivity index (χ1) is 8.70. The van der Waals surface area contributed by atoms with Gasteiger partial charge in [-0.2, -0.15) is 0 Å². The van der Waals surface area contributed by atoms with Crippen molar-refractivity contribution in [2.24, 2.45) is 0 Å². The SMILES string of the molecule is CCOc1cc(N)cc(N(C)c2ccccc2)c1. The topological polar surface area (TPSA) is 38.5 Å². The Bertz CT molecular complexity index is 511. The van der Waals surface area contributed by atoms with Crippen molar-refractivity contribution in [2.45, 2.75) is 6.92 Å². The monoisotopic (exact) mass is 242 g/mol. The number of ether oxygens (including phenoxy) is 1. The molecule has 3 nitrogen and oxygen atoms in total. The van der Waals surface area contributed by atoms with E-state index in [0.29, 0.717) is 12.3 Å². The number of nitrogen functional groups attached to an aromatic ring is 1. The molecule has 0 radical (unpaired) electrons. The summed E-state index contributed by atoms with van der Waals surface area (Å²) >= 11 is 0. The van der Waals surface area contributed by atoms with Crippen molar-refractivity contribution in [3.8, 4) is 5.75 Å². The number of rotatable bonds is 4. The maximum absolute atomic E-state index is 5.90. The fourth-order valence-electron chi connectivity index (χ4n) is 1.85. The van der Waals surface area contributed by atoms with Gasteiger partial charge in [0.1, 0.15) is 5.75 Å². The van der Waals surface area contributed by atoms with Gasteiger partial charge in [-0.05, 0) is 25.1 Å². The van der Waals surface area contributed by atoms with Crippen LogP contribution in [-0.4, -0.2) is 13.7 Å². The Kier molecular flexibility index (Phi) is 3.72. The highest BCUT2D eigenvalue weighted by Gasteiger charge is 2.06. The highest BCUT2D eigenvalue weighted by Crippen LogP contribution is 2.29. The Labute approximate surface area is 108 Å². The molecule has 0 heterocycles. The van der Waals surface area contributed by atoms with E-state index in [4.69, 9.17) is 10.5 Å². The molecular weight excluding hydrogens is 224 g/mol. The number of nitrogens with two attached hydrogens (primary N) is 1. The Hall–Kier alpha value is -2.16. The summed E-state index contributed by atoms with van der Waals surface area (Å²) in [6, 6.07) is 15.9. The molecule has 0 unspecified atom stereocenters. The maximum Gasteiger partial charge on any atom is 0.123 e. The largest absolute Gasteiger partial charge is 0.494 e. The maximum atomic E-state index is 5.90. The second kappa shape index (κ2) is 5.45. The third kappa shape index (κ3) is 2.74. The minimum atomic E-state index is 0.637. The zero-order valence-electron chi connectivity index (χ0n) is 10.8. The summed E-state index contributed by atoms with van der Waals surface area (Å²) in [5, 5.41) is 0. The third-order valence-corrected chi connectivity index (χ3v) is 2.76. The van der Waals surface area contributed by atoms with E-state index in [1.807, 2.05) is 50.4 Å². The van der Waals surface area contributed by atoms with E-state index in [1.54, 1.807) is 0 Å². The van der Waals surface area contributed by atoms with Crippen LogP contribution in [0.3, 0.4) is 0 Å². The Morgan fingerprint density at radius 2 is 1.78 bits per heavy atom. The minimum absolute atomic E-state index is 0.637. The number of hydrogen-bond acceptors (Lipinski definition) is 3. The lowest BCUT2D eigenvalue weighted by molar-refractivity contribution is 0.340. The quantitative estimate of drug-likeness (QED) is 0.835. The van der Waals surface area contributed by atoms with Crippen molar-refractivity contribution in [3.05, 3.63) is 48.5 Å². The van der Waals surface area contributed by atoms with Crippen LogP contribution in [0.25, 0.3) is 0 Å². The smallest absolute Gasteiger partial charge is 0.123 e. The predicted molar refractivity (Wildman–Crippen MR) is 76.5 cm³/mol. The van der Waals surface area contributed by atoms with E-state index in [-0.39, 0.29) is 0 Å². The predicted octanol–water partition coefficient (Wildman–Crippen LogP) is 3.44. The second-order valence-electron chi connectivity index (χ2n) is 4.09. The fourth-order valence-corrected chi connectivity index (χ4v) is 1.85. The normalized spacial score (nSPS) is 10.1. The van der Waals surface area contributed by atoms with Gasteiger partial charge in [-0.1, -0.05) is 18.2 Å². The van der Waals surface area contributed by atoms with Crippen molar-refractivity contribution < 1.29 is 4.74 Å². The molecule has 0 saturated carbocycles. The van der Waals surface area contributed by atoms with E-state index in [1.165, 1.54) is 0 Å². The molecule has 0 bridgehead atoms. The summed E-state index contributed by atoms with van der Waals surface area (Å²) in [5.41, 5.74) is 8.74. The van der Waals surface area contributed by atoms with Crippen LogP contribution >= 0.6 is 0 Å². The summed E-state index contributed by atoms with van der Waals surface area (Å²) in [6.07, 6.45) is 0. The zero-order valence-corrected chi connectivity index (χ0v) is 10.8. The molecular formula is C15H18N2O. The van der Waals surface area contributed by atoms with Gasteiger partial charge in [0.2, 0.25) is 0 Å². The van der Waals surface area contributed by atoms with E-state index < -0.39 is 0 Å². The first-order valence-corrected chi connectivity index (χ1v) is 6.03.